The number of hydrogen-bond donors (Lipinski definition) is 1. The predicted molar refractivity (Wildman–Crippen MR) is 85.4 cm³/mol. The Morgan fingerprint density at radius 1 is 1.10 bits per heavy atom. The fraction of sp³-hybridized carbons (Fsp3) is 0.188. The molecule has 0 radical (unpaired) electrons. The SMILES string of the molecule is COc1c(C)cc(C)c2sc(Nc3ccccc3)nc12. The van der Waals surface area contributed by atoms with Crippen molar-refractivity contribution in [3.8, 4) is 5.75 Å². The van der Waals surface area contributed by atoms with Crippen LogP contribution in [-0.4, -0.2) is 12.1 Å². The maximum atomic E-state index is 5.49. The van der Waals surface area contributed by atoms with E-state index in [9.17, 15) is 0 Å². The molecule has 1 heterocycles. The van der Waals surface area contributed by atoms with Gasteiger partial charge in [-0.15, -0.1) is 0 Å². The third-order valence-electron chi connectivity index (χ3n) is 3.22. The summed E-state index contributed by atoms with van der Waals surface area (Å²) in [4.78, 5) is 4.68. The molecule has 0 atom stereocenters. The van der Waals surface area contributed by atoms with Crippen molar-refractivity contribution >= 4 is 32.4 Å². The Morgan fingerprint density at radius 3 is 2.55 bits per heavy atom. The zero-order valence-electron chi connectivity index (χ0n) is 11.7. The van der Waals surface area contributed by atoms with Gasteiger partial charge >= 0.3 is 0 Å². The largest absolute Gasteiger partial charge is 0.494 e. The van der Waals surface area contributed by atoms with E-state index in [-0.39, 0.29) is 0 Å². The van der Waals surface area contributed by atoms with Crippen molar-refractivity contribution in [3.05, 3.63) is 47.5 Å². The first-order valence-corrected chi connectivity index (χ1v) is 7.27. The molecule has 0 unspecified atom stereocenters. The number of aromatic nitrogens is 1. The van der Waals surface area contributed by atoms with Gasteiger partial charge in [0.15, 0.2) is 5.13 Å². The summed E-state index contributed by atoms with van der Waals surface area (Å²) in [5, 5.41) is 4.23. The van der Waals surface area contributed by atoms with Gasteiger partial charge in [-0.1, -0.05) is 35.6 Å². The predicted octanol–water partition coefficient (Wildman–Crippen LogP) is 4.67. The number of para-hydroxylation sites is 1. The number of hydrogen-bond acceptors (Lipinski definition) is 4. The summed E-state index contributed by atoms with van der Waals surface area (Å²) in [5.74, 6) is 0.864. The Bertz CT molecular complexity index is 750. The molecule has 3 aromatic rings. The monoisotopic (exact) mass is 284 g/mol. The number of thiazole rings is 1. The number of fused-ring (bicyclic) bond motifs is 1. The zero-order chi connectivity index (χ0) is 14.1. The van der Waals surface area contributed by atoms with Gasteiger partial charge in [0.1, 0.15) is 11.3 Å². The third kappa shape index (κ3) is 2.23. The Labute approximate surface area is 122 Å². The van der Waals surface area contributed by atoms with E-state index in [1.54, 1.807) is 18.4 Å². The summed E-state index contributed by atoms with van der Waals surface area (Å²) in [5.41, 5.74) is 4.33. The van der Waals surface area contributed by atoms with Crippen molar-refractivity contribution in [2.45, 2.75) is 13.8 Å². The van der Waals surface area contributed by atoms with Gasteiger partial charge in [-0.2, -0.15) is 0 Å². The van der Waals surface area contributed by atoms with E-state index in [1.807, 2.05) is 30.3 Å². The van der Waals surface area contributed by atoms with Gasteiger partial charge in [0.25, 0.3) is 0 Å². The van der Waals surface area contributed by atoms with Gasteiger partial charge in [0, 0.05) is 5.69 Å². The molecule has 1 aromatic heterocycles. The Hall–Kier alpha value is -2.07. The summed E-state index contributed by atoms with van der Waals surface area (Å²) in [6.07, 6.45) is 0. The van der Waals surface area contributed by atoms with Gasteiger partial charge < -0.3 is 10.1 Å². The minimum Gasteiger partial charge on any atom is -0.494 e. The van der Waals surface area contributed by atoms with Crippen molar-refractivity contribution in [1.29, 1.82) is 0 Å². The number of rotatable bonds is 3. The molecular weight excluding hydrogens is 268 g/mol. The zero-order valence-corrected chi connectivity index (χ0v) is 12.5. The molecule has 3 rings (SSSR count). The van der Waals surface area contributed by atoms with Crippen molar-refractivity contribution in [2.75, 3.05) is 12.4 Å². The van der Waals surface area contributed by atoms with E-state index in [0.717, 1.165) is 27.6 Å². The van der Waals surface area contributed by atoms with Gasteiger partial charge in [-0.25, -0.2) is 4.98 Å². The highest BCUT2D eigenvalue weighted by Crippen LogP contribution is 2.37. The Morgan fingerprint density at radius 2 is 1.85 bits per heavy atom. The van der Waals surface area contributed by atoms with Crippen LogP contribution in [0.4, 0.5) is 10.8 Å². The minimum atomic E-state index is 0.864. The Kier molecular flexibility index (Phi) is 3.32. The maximum Gasteiger partial charge on any atom is 0.188 e. The lowest BCUT2D eigenvalue weighted by molar-refractivity contribution is 0.416. The second kappa shape index (κ2) is 5.13. The smallest absolute Gasteiger partial charge is 0.188 e. The maximum absolute atomic E-state index is 5.49. The summed E-state index contributed by atoms with van der Waals surface area (Å²) in [6, 6.07) is 12.2. The van der Waals surface area contributed by atoms with E-state index in [0.29, 0.717) is 0 Å². The molecular formula is C16H16N2OS. The van der Waals surface area contributed by atoms with Gasteiger partial charge in [0.05, 0.1) is 11.8 Å². The van der Waals surface area contributed by atoms with Crippen molar-refractivity contribution in [2.24, 2.45) is 0 Å². The number of aryl methyl sites for hydroxylation is 2. The second-order valence-corrected chi connectivity index (χ2v) is 5.73. The highest BCUT2D eigenvalue weighted by Gasteiger charge is 2.13. The molecule has 0 spiro atoms. The van der Waals surface area contributed by atoms with Crippen molar-refractivity contribution in [3.63, 3.8) is 0 Å². The van der Waals surface area contributed by atoms with Crippen LogP contribution in [0.25, 0.3) is 10.2 Å². The molecule has 0 fully saturated rings. The molecule has 0 aliphatic rings. The van der Waals surface area contributed by atoms with Crippen LogP contribution in [-0.2, 0) is 0 Å². The number of anilines is 2. The summed E-state index contributed by atoms with van der Waals surface area (Å²) in [6.45, 7) is 4.16. The standard InChI is InChI=1S/C16H16N2OS/c1-10-9-11(2)15-13(14(10)19-3)18-16(20-15)17-12-7-5-4-6-8-12/h4-9H,1-3H3,(H,17,18). The fourth-order valence-electron chi connectivity index (χ4n) is 2.34. The molecule has 0 amide bonds. The molecule has 20 heavy (non-hydrogen) atoms. The van der Waals surface area contributed by atoms with Crippen LogP contribution in [0.2, 0.25) is 0 Å². The van der Waals surface area contributed by atoms with E-state index < -0.39 is 0 Å². The molecule has 2 aromatic carbocycles. The van der Waals surface area contributed by atoms with E-state index >= 15 is 0 Å². The summed E-state index contributed by atoms with van der Waals surface area (Å²) in [7, 11) is 1.70. The molecule has 4 heteroatoms. The molecule has 0 aliphatic heterocycles. The van der Waals surface area contributed by atoms with E-state index in [4.69, 9.17) is 4.74 Å². The third-order valence-corrected chi connectivity index (χ3v) is 4.33. The first-order valence-electron chi connectivity index (χ1n) is 6.46. The first kappa shape index (κ1) is 12.9. The highest BCUT2D eigenvalue weighted by atomic mass is 32.1. The molecule has 3 nitrogen and oxygen atoms in total. The van der Waals surface area contributed by atoms with E-state index in [2.05, 4.69) is 30.2 Å². The van der Waals surface area contributed by atoms with Crippen LogP contribution in [0, 0.1) is 13.8 Å². The molecule has 0 bridgehead atoms. The molecule has 0 saturated carbocycles. The minimum absolute atomic E-state index is 0.864. The summed E-state index contributed by atoms with van der Waals surface area (Å²) < 4.78 is 6.67. The van der Waals surface area contributed by atoms with Crippen LogP contribution >= 0.6 is 11.3 Å². The molecule has 1 N–H and O–H groups in total. The van der Waals surface area contributed by atoms with Gasteiger partial charge in [-0.3, -0.25) is 0 Å². The van der Waals surface area contributed by atoms with Crippen LogP contribution in [0.1, 0.15) is 11.1 Å². The topological polar surface area (TPSA) is 34.1 Å². The lowest BCUT2D eigenvalue weighted by Gasteiger charge is -2.06. The average Bonchev–Trinajstić information content (AvgIpc) is 2.84. The number of benzene rings is 2. The van der Waals surface area contributed by atoms with Crippen molar-refractivity contribution in [1.82, 2.24) is 4.98 Å². The normalized spacial score (nSPS) is 10.8. The Balaban J connectivity index is 2.08. The highest BCUT2D eigenvalue weighted by molar-refractivity contribution is 7.22. The fourth-order valence-corrected chi connectivity index (χ4v) is 3.29. The van der Waals surface area contributed by atoms with Gasteiger partial charge in [0.2, 0.25) is 0 Å². The lowest BCUT2D eigenvalue weighted by atomic mass is 10.1. The van der Waals surface area contributed by atoms with Crippen molar-refractivity contribution < 1.29 is 4.74 Å². The number of ether oxygens (including phenoxy) is 1. The molecule has 102 valence electrons. The molecule has 0 aliphatic carbocycles. The van der Waals surface area contributed by atoms with Gasteiger partial charge in [-0.05, 0) is 37.1 Å². The van der Waals surface area contributed by atoms with Crippen LogP contribution in [0.15, 0.2) is 36.4 Å². The van der Waals surface area contributed by atoms with Crippen LogP contribution < -0.4 is 10.1 Å². The second-order valence-electron chi connectivity index (χ2n) is 4.73. The average molecular weight is 284 g/mol. The number of methoxy groups -OCH3 is 1. The summed E-state index contributed by atoms with van der Waals surface area (Å²) >= 11 is 1.65. The number of nitrogens with one attached hydrogen (secondary N) is 1. The van der Waals surface area contributed by atoms with Crippen LogP contribution in [0.3, 0.4) is 0 Å². The molecule has 0 saturated heterocycles. The quantitative estimate of drug-likeness (QED) is 0.759. The lowest BCUT2D eigenvalue weighted by Crippen LogP contribution is -1.91. The first-order chi connectivity index (χ1) is 9.69. The van der Waals surface area contributed by atoms with Crippen LogP contribution in [0.5, 0.6) is 5.75 Å². The number of nitrogens with zero attached hydrogens (tertiary/aromatic N) is 1. The van der Waals surface area contributed by atoms with E-state index in [1.165, 1.54) is 10.3 Å².